The van der Waals surface area contributed by atoms with E-state index in [-0.39, 0.29) is 11.8 Å². The standard InChI is InChI=1S/C11H19N3O3/c12-11(2-3-11)10(16)13-4-1-9(15)14-5-7-17-8-6-14/h1-8,12H2,(H,13,16). The van der Waals surface area contributed by atoms with Crippen molar-refractivity contribution < 1.29 is 14.3 Å². The molecule has 2 fully saturated rings. The Morgan fingerprint density at radius 1 is 1.29 bits per heavy atom. The normalized spacial score (nSPS) is 22.1. The molecule has 6 nitrogen and oxygen atoms in total. The molecule has 96 valence electrons. The van der Waals surface area contributed by atoms with E-state index in [0.29, 0.717) is 39.3 Å². The molecule has 0 bridgehead atoms. The van der Waals surface area contributed by atoms with Crippen molar-refractivity contribution in [1.82, 2.24) is 10.2 Å². The number of carbonyl (C=O) groups excluding carboxylic acids is 2. The van der Waals surface area contributed by atoms with Crippen molar-refractivity contribution in [1.29, 1.82) is 0 Å². The van der Waals surface area contributed by atoms with Crippen LogP contribution in [0, 0.1) is 0 Å². The molecule has 0 unspecified atom stereocenters. The molecular formula is C11H19N3O3. The van der Waals surface area contributed by atoms with Crippen LogP contribution in [-0.4, -0.2) is 55.1 Å². The van der Waals surface area contributed by atoms with Crippen molar-refractivity contribution >= 4 is 11.8 Å². The Balaban J connectivity index is 1.64. The van der Waals surface area contributed by atoms with Crippen molar-refractivity contribution in [3.8, 4) is 0 Å². The number of ether oxygens (including phenoxy) is 1. The maximum atomic E-state index is 11.7. The lowest BCUT2D eigenvalue weighted by molar-refractivity contribution is -0.135. The highest BCUT2D eigenvalue weighted by molar-refractivity contribution is 5.89. The molecule has 1 aliphatic carbocycles. The number of nitrogens with one attached hydrogen (secondary N) is 1. The van der Waals surface area contributed by atoms with E-state index < -0.39 is 5.54 Å². The largest absolute Gasteiger partial charge is 0.378 e. The summed E-state index contributed by atoms with van der Waals surface area (Å²) in [5.41, 5.74) is 5.08. The third kappa shape index (κ3) is 3.17. The van der Waals surface area contributed by atoms with Crippen molar-refractivity contribution in [2.24, 2.45) is 5.73 Å². The monoisotopic (exact) mass is 241 g/mol. The van der Waals surface area contributed by atoms with Gasteiger partial charge in [0.2, 0.25) is 11.8 Å². The summed E-state index contributed by atoms with van der Waals surface area (Å²) < 4.78 is 5.17. The first-order valence-electron chi connectivity index (χ1n) is 6.04. The lowest BCUT2D eigenvalue weighted by atomic mass is 10.2. The fourth-order valence-corrected chi connectivity index (χ4v) is 1.79. The van der Waals surface area contributed by atoms with Gasteiger partial charge in [-0.25, -0.2) is 0 Å². The van der Waals surface area contributed by atoms with E-state index in [4.69, 9.17) is 10.5 Å². The number of nitrogens with zero attached hydrogens (tertiary/aromatic N) is 1. The van der Waals surface area contributed by atoms with Gasteiger partial charge in [-0.15, -0.1) is 0 Å². The van der Waals surface area contributed by atoms with Gasteiger partial charge in [0.05, 0.1) is 18.8 Å². The first-order valence-corrected chi connectivity index (χ1v) is 6.04. The predicted molar refractivity (Wildman–Crippen MR) is 61.2 cm³/mol. The van der Waals surface area contributed by atoms with Crippen LogP contribution in [0.5, 0.6) is 0 Å². The van der Waals surface area contributed by atoms with Gasteiger partial charge in [-0.2, -0.15) is 0 Å². The van der Waals surface area contributed by atoms with Gasteiger partial charge in [0, 0.05) is 26.1 Å². The van der Waals surface area contributed by atoms with Gasteiger partial charge in [-0.1, -0.05) is 0 Å². The van der Waals surface area contributed by atoms with Crippen LogP contribution in [0.25, 0.3) is 0 Å². The predicted octanol–water partition coefficient (Wildman–Crippen LogP) is -1.16. The van der Waals surface area contributed by atoms with Crippen molar-refractivity contribution in [3.05, 3.63) is 0 Å². The molecule has 1 heterocycles. The molecule has 2 aliphatic rings. The van der Waals surface area contributed by atoms with E-state index in [9.17, 15) is 9.59 Å². The number of nitrogens with two attached hydrogens (primary N) is 1. The summed E-state index contributed by atoms with van der Waals surface area (Å²) in [5.74, 6) is -0.0669. The van der Waals surface area contributed by atoms with Crippen LogP contribution in [0.4, 0.5) is 0 Å². The molecule has 1 saturated heterocycles. The van der Waals surface area contributed by atoms with Crippen molar-refractivity contribution in [2.75, 3.05) is 32.8 Å². The van der Waals surface area contributed by atoms with E-state index >= 15 is 0 Å². The van der Waals surface area contributed by atoms with Crippen LogP contribution < -0.4 is 11.1 Å². The Kier molecular flexibility index (Phi) is 3.63. The topological polar surface area (TPSA) is 84.7 Å². The van der Waals surface area contributed by atoms with Crippen LogP contribution in [0.2, 0.25) is 0 Å². The van der Waals surface area contributed by atoms with E-state index in [1.807, 2.05) is 0 Å². The minimum Gasteiger partial charge on any atom is -0.378 e. The van der Waals surface area contributed by atoms with Crippen molar-refractivity contribution in [3.63, 3.8) is 0 Å². The van der Waals surface area contributed by atoms with E-state index in [1.165, 1.54) is 0 Å². The number of hydrogen-bond donors (Lipinski definition) is 2. The Hall–Kier alpha value is -1.14. The number of amides is 2. The molecule has 0 atom stereocenters. The highest BCUT2D eigenvalue weighted by Gasteiger charge is 2.45. The summed E-state index contributed by atoms with van der Waals surface area (Å²) in [6.45, 7) is 2.86. The zero-order valence-electron chi connectivity index (χ0n) is 9.91. The van der Waals surface area contributed by atoms with Gasteiger partial charge in [0.25, 0.3) is 0 Å². The second kappa shape index (κ2) is 5.01. The van der Waals surface area contributed by atoms with Crippen LogP contribution >= 0.6 is 0 Å². The smallest absolute Gasteiger partial charge is 0.240 e. The average Bonchev–Trinajstić information content (AvgIpc) is 3.09. The molecule has 17 heavy (non-hydrogen) atoms. The summed E-state index contributed by atoms with van der Waals surface area (Å²) in [4.78, 5) is 25.0. The lowest BCUT2D eigenvalue weighted by Crippen LogP contribution is -2.45. The number of carbonyl (C=O) groups is 2. The number of morpholine rings is 1. The molecule has 0 radical (unpaired) electrons. The molecule has 2 rings (SSSR count). The molecule has 0 aromatic rings. The molecular weight excluding hydrogens is 222 g/mol. The fraction of sp³-hybridized carbons (Fsp3) is 0.818. The summed E-state index contributed by atoms with van der Waals surface area (Å²) in [7, 11) is 0. The fourth-order valence-electron chi connectivity index (χ4n) is 1.79. The summed E-state index contributed by atoms with van der Waals surface area (Å²) >= 11 is 0. The lowest BCUT2D eigenvalue weighted by Gasteiger charge is -2.26. The van der Waals surface area contributed by atoms with Gasteiger partial charge in [-0.05, 0) is 12.8 Å². The summed E-state index contributed by atoms with van der Waals surface area (Å²) in [6, 6.07) is 0. The third-order valence-corrected chi connectivity index (χ3v) is 3.23. The van der Waals surface area contributed by atoms with Gasteiger partial charge in [-0.3, -0.25) is 9.59 Å². The van der Waals surface area contributed by atoms with Gasteiger partial charge in [0.15, 0.2) is 0 Å². The SMILES string of the molecule is NC1(C(=O)NCCC(=O)N2CCOCC2)CC1. The van der Waals surface area contributed by atoms with Crippen molar-refractivity contribution in [2.45, 2.75) is 24.8 Å². The molecule has 2 amide bonds. The zero-order chi connectivity index (χ0) is 12.3. The van der Waals surface area contributed by atoms with Crippen LogP contribution in [-0.2, 0) is 14.3 Å². The quantitative estimate of drug-likeness (QED) is 0.650. The maximum Gasteiger partial charge on any atom is 0.240 e. The highest BCUT2D eigenvalue weighted by Crippen LogP contribution is 2.31. The second-order valence-corrected chi connectivity index (χ2v) is 4.66. The Labute approximate surface area is 100 Å². The highest BCUT2D eigenvalue weighted by atomic mass is 16.5. The maximum absolute atomic E-state index is 11.7. The molecule has 0 spiro atoms. The van der Waals surface area contributed by atoms with Gasteiger partial charge >= 0.3 is 0 Å². The Bertz CT molecular complexity index is 309. The number of hydrogen-bond acceptors (Lipinski definition) is 4. The Morgan fingerprint density at radius 3 is 2.53 bits per heavy atom. The average molecular weight is 241 g/mol. The Morgan fingerprint density at radius 2 is 1.94 bits per heavy atom. The summed E-state index contributed by atoms with van der Waals surface area (Å²) in [5, 5.41) is 2.71. The van der Waals surface area contributed by atoms with Crippen LogP contribution in [0.1, 0.15) is 19.3 Å². The summed E-state index contributed by atoms with van der Waals surface area (Å²) in [6.07, 6.45) is 1.83. The first kappa shape index (κ1) is 12.3. The van der Waals surface area contributed by atoms with Gasteiger partial charge in [0.1, 0.15) is 0 Å². The third-order valence-electron chi connectivity index (χ3n) is 3.23. The van der Waals surface area contributed by atoms with E-state index in [0.717, 1.165) is 12.8 Å². The molecule has 0 aromatic heterocycles. The zero-order valence-corrected chi connectivity index (χ0v) is 9.91. The molecule has 1 saturated carbocycles. The van der Waals surface area contributed by atoms with Gasteiger partial charge < -0.3 is 20.7 Å². The minimum atomic E-state index is -0.651. The minimum absolute atomic E-state index is 0.0652. The number of rotatable bonds is 4. The van der Waals surface area contributed by atoms with E-state index in [1.54, 1.807) is 4.90 Å². The molecule has 0 aromatic carbocycles. The first-order chi connectivity index (χ1) is 8.12. The molecule has 1 aliphatic heterocycles. The van der Waals surface area contributed by atoms with Crippen LogP contribution in [0.15, 0.2) is 0 Å². The molecule has 3 N–H and O–H groups in total. The van der Waals surface area contributed by atoms with E-state index in [2.05, 4.69) is 5.32 Å². The van der Waals surface area contributed by atoms with Crippen LogP contribution in [0.3, 0.4) is 0 Å². The molecule has 6 heteroatoms. The second-order valence-electron chi connectivity index (χ2n) is 4.66.